The number of unbranched alkanes of at least 4 members (excludes halogenated alkanes) is 1. The van der Waals surface area contributed by atoms with E-state index in [1.54, 1.807) is 0 Å². The van der Waals surface area contributed by atoms with Gasteiger partial charge in [0, 0.05) is 12.6 Å². The number of alkyl halides is 3. The largest absolute Gasteiger partial charge is 0.434 e. The predicted octanol–water partition coefficient (Wildman–Crippen LogP) is 3.28. The predicted molar refractivity (Wildman–Crippen MR) is 88.4 cm³/mol. The van der Waals surface area contributed by atoms with E-state index >= 15 is 0 Å². The van der Waals surface area contributed by atoms with E-state index in [1.807, 2.05) is 6.92 Å². The van der Waals surface area contributed by atoms with Gasteiger partial charge in [-0.3, -0.25) is 4.79 Å². The molecule has 1 heterocycles. The fraction of sp³-hybridized carbons (Fsp3) is 0.412. The van der Waals surface area contributed by atoms with E-state index in [1.165, 1.54) is 12.1 Å². The number of rotatable bonds is 7. The number of hydrogen-bond acceptors (Lipinski definition) is 3. The average molecular weight is 372 g/mol. The number of para-hydroxylation sites is 1. The minimum Gasteiger partial charge on any atom is -0.348 e. The zero-order valence-electron chi connectivity index (χ0n) is 14.2. The molecule has 142 valence electrons. The van der Waals surface area contributed by atoms with Crippen molar-refractivity contribution in [2.45, 2.75) is 38.4 Å². The second-order valence-electron chi connectivity index (χ2n) is 5.82. The van der Waals surface area contributed by atoms with Crippen LogP contribution in [0.2, 0.25) is 0 Å². The normalized spacial score (nSPS) is 12.8. The van der Waals surface area contributed by atoms with E-state index in [-0.39, 0.29) is 12.2 Å². The summed E-state index contributed by atoms with van der Waals surface area (Å²) in [6, 6.07) is 4.47. The van der Waals surface area contributed by atoms with Gasteiger partial charge in [0.05, 0.1) is 11.8 Å². The van der Waals surface area contributed by atoms with Gasteiger partial charge in [-0.2, -0.15) is 18.3 Å². The fourth-order valence-corrected chi connectivity index (χ4v) is 2.56. The maximum absolute atomic E-state index is 13.9. The standard InChI is InChI=1S/C17H20F4N4O/c1-2-3-6-11(9-22)24-16(26)12-10-23-25(15(12)17(19,20)21)14-8-5-4-7-13(14)18/h4-5,7-8,10-11H,2-3,6,9,22H2,1H3,(H,24,26). The molecule has 0 fully saturated rings. The van der Waals surface area contributed by atoms with Gasteiger partial charge >= 0.3 is 6.18 Å². The van der Waals surface area contributed by atoms with Crippen LogP contribution in [0.4, 0.5) is 17.6 Å². The summed E-state index contributed by atoms with van der Waals surface area (Å²) in [5.41, 5.74) is 3.19. The Hall–Kier alpha value is -2.42. The maximum atomic E-state index is 13.9. The van der Waals surface area contributed by atoms with Gasteiger partial charge < -0.3 is 11.1 Å². The van der Waals surface area contributed by atoms with E-state index in [0.717, 1.165) is 31.2 Å². The molecule has 2 rings (SSSR count). The van der Waals surface area contributed by atoms with Gasteiger partial charge in [0.15, 0.2) is 5.69 Å². The quantitative estimate of drug-likeness (QED) is 0.733. The molecule has 0 aliphatic carbocycles. The molecule has 0 saturated carbocycles. The third kappa shape index (κ3) is 4.40. The highest BCUT2D eigenvalue weighted by Gasteiger charge is 2.41. The second kappa shape index (κ2) is 8.31. The Labute approximate surface area is 148 Å². The van der Waals surface area contributed by atoms with Crippen molar-refractivity contribution in [3.05, 3.63) is 47.5 Å². The molecule has 0 spiro atoms. The van der Waals surface area contributed by atoms with Crippen LogP contribution in [-0.4, -0.2) is 28.3 Å². The van der Waals surface area contributed by atoms with Crippen molar-refractivity contribution in [2.24, 2.45) is 5.73 Å². The Balaban J connectivity index is 2.41. The van der Waals surface area contributed by atoms with E-state index in [0.29, 0.717) is 11.1 Å². The number of carbonyl (C=O) groups is 1. The first kappa shape index (κ1) is 19.9. The molecule has 1 aromatic carbocycles. The van der Waals surface area contributed by atoms with Crippen LogP contribution in [0.3, 0.4) is 0 Å². The monoisotopic (exact) mass is 372 g/mol. The van der Waals surface area contributed by atoms with Crippen molar-refractivity contribution in [1.82, 2.24) is 15.1 Å². The molecule has 3 N–H and O–H groups in total. The molecule has 0 bridgehead atoms. The molecule has 1 amide bonds. The zero-order valence-corrected chi connectivity index (χ0v) is 14.2. The first-order valence-corrected chi connectivity index (χ1v) is 8.20. The molecule has 2 aromatic rings. The van der Waals surface area contributed by atoms with Crippen molar-refractivity contribution in [2.75, 3.05) is 6.54 Å². The van der Waals surface area contributed by atoms with Gasteiger partial charge in [0.25, 0.3) is 5.91 Å². The molecule has 0 aliphatic heterocycles. The molecule has 5 nitrogen and oxygen atoms in total. The van der Waals surface area contributed by atoms with Crippen molar-refractivity contribution >= 4 is 5.91 Å². The zero-order chi connectivity index (χ0) is 19.3. The summed E-state index contributed by atoms with van der Waals surface area (Å²) >= 11 is 0. The summed E-state index contributed by atoms with van der Waals surface area (Å²) in [6.45, 7) is 2.06. The molecule has 9 heteroatoms. The summed E-state index contributed by atoms with van der Waals surface area (Å²) in [4.78, 5) is 12.4. The molecular weight excluding hydrogens is 352 g/mol. The van der Waals surface area contributed by atoms with Crippen LogP contribution < -0.4 is 11.1 Å². The van der Waals surface area contributed by atoms with Crippen LogP contribution in [0.5, 0.6) is 0 Å². The fourth-order valence-electron chi connectivity index (χ4n) is 2.56. The number of carbonyl (C=O) groups excluding carboxylic acids is 1. The number of nitrogens with zero attached hydrogens (tertiary/aromatic N) is 2. The summed E-state index contributed by atoms with van der Waals surface area (Å²) in [6.07, 6.45) is -1.90. The minimum absolute atomic E-state index is 0.106. The van der Waals surface area contributed by atoms with Crippen molar-refractivity contribution in [3.8, 4) is 5.69 Å². The van der Waals surface area contributed by atoms with Gasteiger partial charge in [-0.25, -0.2) is 9.07 Å². The lowest BCUT2D eigenvalue weighted by Gasteiger charge is -2.17. The smallest absolute Gasteiger partial charge is 0.348 e. The van der Waals surface area contributed by atoms with Crippen LogP contribution in [0.1, 0.15) is 42.2 Å². The Bertz CT molecular complexity index is 757. The van der Waals surface area contributed by atoms with Gasteiger partial charge in [-0.15, -0.1) is 0 Å². The maximum Gasteiger partial charge on any atom is 0.434 e. The first-order valence-electron chi connectivity index (χ1n) is 8.20. The van der Waals surface area contributed by atoms with E-state index < -0.39 is 35.2 Å². The minimum atomic E-state index is -4.90. The molecule has 1 atom stereocenters. The SMILES string of the molecule is CCCCC(CN)NC(=O)c1cnn(-c2ccccc2F)c1C(F)(F)F. The molecular formula is C17H20F4N4O. The summed E-state index contributed by atoms with van der Waals surface area (Å²) in [7, 11) is 0. The number of nitrogens with one attached hydrogen (secondary N) is 1. The Morgan fingerprint density at radius 1 is 1.35 bits per heavy atom. The van der Waals surface area contributed by atoms with Crippen molar-refractivity contribution < 1.29 is 22.4 Å². The van der Waals surface area contributed by atoms with Gasteiger partial charge in [-0.05, 0) is 18.6 Å². The lowest BCUT2D eigenvalue weighted by molar-refractivity contribution is -0.143. The van der Waals surface area contributed by atoms with Gasteiger partial charge in [-0.1, -0.05) is 31.9 Å². The number of hydrogen-bond donors (Lipinski definition) is 2. The van der Waals surface area contributed by atoms with Crippen molar-refractivity contribution in [1.29, 1.82) is 0 Å². The second-order valence-corrected chi connectivity index (χ2v) is 5.82. The number of benzene rings is 1. The van der Waals surface area contributed by atoms with E-state index in [4.69, 9.17) is 5.73 Å². The lowest BCUT2D eigenvalue weighted by atomic mass is 10.1. The Kier molecular flexibility index (Phi) is 6.36. The molecule has 0 radical (unpaired) electrons. The molecule has 1 unspecified atom stereocenters. The Morgan fingerprint density at radius 3 is 2.62 bits per heavy atom. The highest BCUT2D eigenvalue weighted by molar-refractivity contribution is 5.95. The van der Waals surface area contributed by atoms with Crippen LogP contribution in [0.25, 0.3) is 5.69 Å². The van der Waals surface area contributed by atoms with Crippen molar-refractivity contribution in [3.63, 3.8) is 0 Å². The molecule has 26 heavy (non-hydrogen) atoms. The number of amides is 1. The number of aromatic nitrogens is 2. The van der Waals surface area contributed by atoms with Crippen LogP contribution in [0, 0.1) is 5.82 Å². The summed E-state index contributed by atoms with van der Waals surface area (Å²) < 4.78 is 55.0. The highest BCUT2D eigenvalue weighted by Crippen LogP contribution is 2.34. The topological polar surface area (TPSA) is 72.9 Å². The van der Waals surface area contributed by atoms with Gasteiger partial charge in [0.1, 0.15) is 11.5 Å². The third-order valence-electron chi connectivity index (χ3n) is 3.89. The molecule has 0 aliphatic rings. The average Bonchev–Trinajstić information content (AvgIpc) is 3.04. The summed E-state index contributed by atoms with van der Waals surface area (Å²) in [5, 5.41) is 6.09. The third-order valence-corrected chi connectivity index (χ3v) is 3.89. The molecule has 0 saturated heterocycles. The van der Waals surface area contributed by atoms with Crippen LogP contribution in [-0.2, 0) is 6.18 Å². The Morgan fingerprint density at radius 2 is 2.04 bits per heavy atom. The van der Waals surface area contributed by atoms with Crippen LogP contribution >= 0.6 is 0 Å². The lowest BCUT2D eigenvalue weighted by Crippen LogP contribution is -2.40. The van der Waals surface area contributed by atoms with Crippen LogP contribution in [0.15, 0.2) is 30.5 Å². The molecule has 1 aromatic heterocycles. The first-order chi connectivity index (χ1) is 12.3. The summed E-state index contributed by atoms with van der Waals surface area (Å²) in [5.74, 6) is -1.82. The van der Waals surface area contributed by atoms with E-state index in [2.05, 4.69) is 10.4 Å². The number of halogens is 4. The van der Waals surface area contributed by atoms with Gasteiger partial charge in [0.2, 0.25) is 0 Å². The highest BCUT2D eigenvalue weighted by atomic mass is 19.4. The van der Waals surface area contributed by atoms with E-state index in [9.17, 15) is 22.4 Å². The number of nitrogens with two attached hydrogens (primary N) is 1.